The molecule has 1 aliphatic carbocycles. The molecule has 0 radical (unpaired) electrons. The molecule has 2 unspecified atom stereocenters. The van der Waals surface area contributed by atoms with Crippen LogP contribution < -0.4 is 0 Å². The summed E-state index contributed by atoms with van der Waals surface area (Å²) >= 11 is 1.67. The molecule has 3 heteroatoms. The zero-order valence-electron chi connectivity index (χ0n) is 11.5. The van der Waals surface area contributed by atoms with Crippen molar-refractivity contribution >= 4 is 24.8 Å². The molecule has 0 amide bonds. The normalized spacial score (nSPS) is 19.6. The molecule has 0 N–H and O–H groups in total. The average molecular weight is 385 g/mol. The maximum Gasteiger partial charge on any atom is -0.147 e. The summed E-state index contributed by atoms with van der Waals surface area (Å²) in [4.78, 5) is 0. The number of benzene rings is 2. The molecule has 0 aromatic heterocycles. The quantitative estimate of drug-likeness (QED) is 0.652. The van der Waals surface area contributed by atoms with Gasteiger partial charge in [0.15, 0.2) is 0 Å². The molecule has 2 aromatic carbocycles. The van der Waals surface area contributed by atoms with E-state index in [4.69, 9.17) is 0 Å². The van der Waals surface area contributed by atoms with Crippen LogP contribution in [-0.4, -0.2) is 0 Å². The SMILES string of the molecule is CCC1Cc2c(-c3ccccc3)cccc2[CH]1[Zr].Cl.Cl. The molecule has 0 saturated carbocycles. The Balaban J connectivity index is 0.000001000. The minimum Gasteiger partial charge on any atom is -0.147 e. The fraction of sp³-hybridized carbons (Fsp3) is 0.294. The third-order valence-corrected chi connectivity index (χ3v) is 6.02. The summed E-state index contributed by atoms with van der Waals surface area (Å²) in [5, 5.41) is 0. The van der Waals surface area contributed by atoms with Crippen LogP contribution in [0.2, 0.25) is 0 Å². The minimum absolute atomic E-state index is 0. The molecule has 2 atom stereocenters. The molecular formula is C17H19Cl2Zr. The Morgan fingerprint density at radius 3 is 2.35 bits per heavy atom. The zero-order valence-corrected chi connectivity index (χ0v) is 15.6. The van der Waals surface area contributed by atoms with Crippen molar-refractivity contribution in [1.82, 2.24) is 0 Å². The summed E-state index contributed by atoms with van der Waals surface area (Å²) < 4.78 is 0.806. The number of halogens is 2. The van der Waals surface area contributed by atoms with Gasteiger partial charge in [0.1, 0.15) is 0 Å². The molecule has 0 saturated heterocycles. The van der Waals surface area contributed by atoms with E-state index in [0.717, 1.165) is 9.54 Å². The second-order valence-corrected chi connectivity index (χ2v) is 6.62. The zero-order chi connectivity index (χ0) is 12.5. The molecule has 0 heterocycles. The van der Waals surface area contributed by atoms with Gasteiger partial charge in [0.25, 0.3) is 0 Å². The Morgan fingerprint density at radius 1 is 1.00 bits per heavy atom. The second kappa shape index (κ2) is 7.78. The summed E-state index contributed by atoms with van der Waals surface area (Å²) in [7, 11) is 0. The van der Waals surface area contributed by atoms with Crippen molar-refractivity contribution in [2.45, 2.75) is 23.4 Å². The monoisotopic (exact) mass is 383 g/mol. The Hall–Kier alpha value is -0.0969. The molecule has 2 aromatic rings. The summed E-state index contributed by atoms with van der Waals surface area (Å²) in [5.41, 5.74) is 6.05. The first-order chi connectivity index (χ1) is 8.81. The fourth-order valence-electron chi connectivity index (χ4n) is 3.03. The molecule has 105 valence electrons. The van der Waals surface area contributed by atoms with Crippen LogP contribution >= 0.6 is 24.8 Å². The van der Waals surface area contributed by atoms with Gasteiger partial charge in [0, 0.05) is 0 Å². The van der Waals surface area contributed by atoms with Gasteiger partial charge in [0.2, 0.25) is 0 Å². The predicted molar refractivity (Wildman–Crippen MR) is 86.6 cm³/mol. The molecule has 0 spiro atoms. The largest absolute Gasteiger partial charge is 0.147 e. The number of hydrogen-bond acceptors (Lipinski definition) is 0. The third kappa shape index (κ3) is 3.21. The molecule has 1 aliphatic rings. The van der Waals surface area contributed by atoms with Crippen LogP contribution in [0.4, 0.5) is 0 Å². The Kier molecular flexibility index (Phi) is 6.99. The maximum atomic E-state index is 2.34. The van der Waals surface area contributed by atoms with Crippen molar-refractivity contribution in [2.24, 2.45) is 5.92 Å². The first-order valence-electron chi connectivity index (χ1n) is 6.69. The van der Waals surface area contributed by atoms with Crippen LogP contribution in [0.1, 0.15) is 28.1 Å². The van der Waals surface area contributed by atoms with E-state index in [2.05, 4.69) is 55.5 Å². The van der Waals surface area contributed by atoms with Crippen molar-refractivity contribution in [1.29, 1.82) is 0 Å². The Bertz CT molecular complexity index is 554. The first-order valence-corrected chi connectivity index (χ1v) is 8.11. The molecule has 0 nitrogen and oxygen atoms in total. The van der Waals surface area contributed by atoms with E-state index in [0.29, 0.717) is 0 Å². The van der Waals surface area contributed by atoms with Gasteiger partial charge in [0.05, 0.1) is 0 Å². The van der Waals surface area contributed by atoms with Gasteiger partial charge in [-0.2, -0.15) is 0 Å². The Morgan fingerprint density at radius 2 is 1.70 bits per heavy atom. The van der Waals surface area contributed by atoms with Crippen molar-refractivity contribution in [2.75, 3.05) is 0 Å². The maximum absolute atomic E-state index is 2.34. The number of hydrogen-bond donors (Lipinski definition) is 0. The molecular weight excluding hydrogens is 366 g/mol. The van der Waals surface area contributed by atoms with Crippen LogP contribution in [-0.2, 0) is 31.1 Å². The van der Waals surface area contributed by atoms with Crippen LogP contribution in [0, 0.1) is 5.92 Å². The summed E-state index contributed by atoms with van der Waals surface area (Å²) in [5.74, 6) is 0.864. The summed E-state index contributed by atoms with van der Waals surface area (Å²) in [6, 6.07) is 17.7. The van der Waals surface area contributed by atoms with Gasteiger partial charge in [-0.05, 0) is 0 Å². The standard InChI is InChI=1S/C17H17.2ClH.Zr/c1-2-13-11-15-9-6-10-16(17(15)12-13)14-7-4-3-5-8-14;;;/h3-11,13H,2,12H2,1H3;2*1H;. The van der Waals surface area contributed by atoms with Crippen LogP contribution in [0.5, 0.6) is 0 Å². The van der Waals surface area contributed by atoms with Crippen molar-refractivity contribution < 1.29 is 24.7 Å². The van der Waals surface area contributed by atoms with Crippen molar-refractivity contribution in [3.05, 3.63) is 59.7 Å². The van der Waals surface area contributed by atoms with E-state index in [1.54, 1.807) is 35.8 Å². The average Bonchev–Trinajstić information content (AvgIpc) is 2.77. The van der Waals surface area contributed by atoms with Gasteiger partial charge in [-0.15, -0.1) is 24.8 Å². The molecule has 0 fully saturated rings. The topological polar surface area (TPSA) is 0 Å². The summed E-state index contributed by atoms with van der Waals surface area (Å²) in [6.45, 7) is 2.33. The van der Waals surface area contributed by atoms with E-state index in [9.17, 15) is 0 Å². The molecule has 0 aliphatic heterocycles. The van der Waals surface area contributed by atoms with Crippen LogP contribution in [0.3, 0.4) is 0 Å². The van der Waals surface area contributed by atoms with Gasteiger partial charge >= 0.3 is 125 Å². The van der Waals surface area contributed by atoms with E-state index in [1.807, 2.05) is 0 Å². The predicted octanol–water partition coefficient (Wildman–Crippen LogP) is 5.37. The van der Waals surface area contributed by atoms with Crippen LogP contribution in [0.25, 0.3) is 11.1 Å². The first kappa shape index (κ1) is 18.0. The second-order valence-electron chi connectivity index (χ2n) is 5.09. The van der Waals surface area contributed by atoms with Crippen molar-refractivity contribution in [3.8, 4) is 11.1 Å². The van der Waals surface area contributed by atoms with E-state index < -0.39 is 0 Å². The minimum atomic E-state index is 0. The smallest absolute Gasteiger partial charge is 0.147 e. The molecule has 0 bridgehead atoms. The van der Waals surface area contributed by atoms with Gasteiger partial charge in [-0.1, -0.05) is 0 Å². The molecule has 3 rings (SSSR count). The molecule has 20 heavy (non-hydrogen) atoms. The van der Waals surface area contributed by atoms with Crippen molar-refractivity contribution in [3.63, 3.8) is 0 Å². The fourth-order valence-corrected chi connectivity index (χ4v) is 4.56. The van der Waals surface area contributed by atoms with E-state index in [1.165, 1.54) is 24.0 Å². The Labute approximate surface area is 149 Å². The number of fused-ring (bicyclic) bond motifs is 1. The third-order valence-electron chi connectivity index (χ3n) is 4.09. The van der Waals surface area contributed by atoms with Gasteiger partial charge < -0.3 is 0 Å². The van der Waals surface area contributed by atoms with E-state index in [-0.39, 0.29) is 24.8 Å². The summed E-state index contributed by atoms with van der Waals surface area (Å²) in [6.07, 6.45) is 2.57. The van der Waals surface area contributed by atoms with Gasteiger partial charge in [-0.3, -0.25) is 0 Å². The number of rotatable bonds is 2. The van der Waals surface area contributed by atoms with E-state index >= 15 is 0 Å². The van der Waals surface area contributed by atoms with Crippen LogP contribution in [0.15, 0.2) is 48.5 Å². The van der Waals surface area contributed by atoms with Gasteiger partial charge in [-0.25, -0.2) is 0 Å².